The molecule has 0 saturated carbocycles. The normalized spacial score (nSPS) is 10.5. The van der Waals surface area contributed by atoms with Gasteiger partial charge in [-0.15, -0.1) is 0 Å². The SMILES string of the molecule is CCCc1cc(=O)[nH]c(SCCCOc2ccccc2)n1. The van der Waals surface area contributed by atoms with Gasteiger partial charge in [0.2, 0.25) is 0 Å². The van der Waals surface area contributed by atoms with Crippen molar-refractivity contribution in [1.82, 2.24) is 9.97 Å². The number of benzene rings is 1. The molecule has 0 amide bonds. The maximum absolute atomic E-state index is 11.5. The van der Waals surface area contributed by atoms with E-state index in [1.54, 1.807) is 17.8 Å². The van der Waals surface area contributed by atoms with E-state index in [-0.39, 0.29) is 5.56 Å². The minimum absolute atomic E-state index is 0.0727. The molecular weight excluding hydrogens is 284 g/mol. The molecule has 5 heteroatoms. The molecule has 2 rings (SSSR count). The molecule has 0 bridgehead atoms. The lowest BCUT2D eigenvalue weighted by molar-refractivity contribution is 0.318. The molecule has 0 saturated heterocycles. The van der Waals surface area contributed by atoms with Crippen molar-refractivity contribution in [3.05, 3.63) is 52.4 Å². The van der Waals surface area contributed by atoms with Gasteiger partial charge < -0.3 is 9.72 Å². The summed E-state index contributed by atoms with van der Waals surface area (Å²) in [5, 5.41) is 0.700. The summed E-state index contributed by atoms with van der Waals surface area (Å²) in [7, 11) is 0. The Labute approximate surface area is 129 Å². The smallest absolute Gasteiger partial charge is 0.251 e. The van der Waals surface area contributed by atoms with Gasteiger partial charge >= 0.3 is 0 Å². The first-order valence-corrected chi connectivity index (χ1v) is 8.17. The van der Waals surface area contributed by atoms with Gasteiger partial charge in [-0.25, -0.2) is 4.98 Å². The van der Waals surface area contributed by atoms with Crippen LogP contribution < -0.4 is 10.3 Å². The van der Waals surface area contributed by atoms with Crippen molar-refractivity contribution >= 4 is 11.8 Å². The van der Waals surface area contributed by atoms with Gasteiger partial charge in [0, 0.05) is 17.5 Å². The Morgan fingerprint density at radius 3 is 2.86 bits per heavy atom. The van der Waals surface area contributed by atoms with Gasteiger partial charge in [-0.2, -0.15) is 0 Å². The van der Waals surface area contributed by atoms with Gasteiger partial charge in [0.1, 0.15) is 5.75 Å². The average Bonchev–Trinajstić information content (AvgIpc) is 2.48. The highest BCUT2D eigenvalue weighted by Crippen LogP contribution is 2.14. The summed E-state index contributed by atoms with van der Waals surface area (Å²) < 4.78 is 5.62. The molecule has 4 nitrogen and oxygen atoms in total. The van der Waals surface area contributed by atoms with Crippen LogP contribution in [-0.2, 0) is 6.42 Å². The molecule has 1 aromatic carbocycles. The Morgan fingerprint density at radius 2 is 2.10 bits per heavy atom. The van der Waals surface area contributed by atoms with Gasteiger partial charge in [-0.3, -0.25) is 4.79 Å². The quantitative estimate of drug-likeness (QED) is 0.462. The molecule has 2 aromatic rings. The molecule has 0 fully saturated rings. The maximum Gasteiger partial charge on any atom is 0.251 e. The molecule has 112 valence electrons. The number of thioether (sulfide) groups is 1. The van der Waals surface area contributed by atoms with Gasteiger partial charge in [0.15, 0.2) is 5.16 Å². The van der Waals surface area contributed by atoms with E-state index < -0.39 is 0 Å². The summed E-state index contributed by atoms with van der Waals surface area (Å²) >= 11 is 1.56. The van der Waals surface area contributed by atoms with Crippen LogP contribution in [0.3, 0.4) is 0 Å². The first-order valence-electron chi connectivity index (χ1n) is 7.19. The minimum atomic E-state index is -0.0727. The molecular formula is C16H20N2O2S. The molecule has 1 aromatic heterocycles. The summed E-state index contributed by atoms with van der Waals surface area (Å²) in [4.78, 5) is 18.7. The largest absolute Gasteiger partial charge is 0.494 e. The molecule has 1 heterocycles. The van der Waals surface area contributed by atoms with Gasteiger partial charge in [-0.05, 0) is 25.0 Å². The summed E-state index contributed by atoms with van der Waals surface area (Å²) in [6.07, 6.45) is 2.74. The zero-order chi connectivity index (χ0) is 14.9. The average molecular weight is 304 g/mol. The lowest BCUT2D eigenvalue weighted by Gasteiger charge is -2.06. The monoisotopic (exact) mass is 304 g/mol. The van der Waals surface area contributed by atoms with E-state index >= 15 is 0 Å². The molecule has 0 aliphatic carbocycles. The number of hydrogen-bond acceptors (Lipinski definition) is 4. The molecule has 0 aliphatic heterocycles. The summed E-state index contributed by atoms with van der Waals surface area (Å²) in [6.45, 7) is 2.74. The van der Waals surface area contributed by atoms with Crippen molar-refractivity contribution in [3.8, 4) is 5.75 Å². The Hall–Kier alpha value is -1.75. The predicted octanol–water partition coefficient (Wildman–Crippen LogP) is 3.28. The predicted molar refractivity (Wildman–Crippen MR) is 86.1 cm³/mol. The fraction of sp³-hybridized carbons (Fsp3) is 0.375. The van der Waals surface area contributed by atoms with Crippen LogP contribution in [0.2, 0.25) is 0 Å². The first kappa shape index (κ1) is 15.6. The molecule has 0 spiro atoms. The Kier molecular flexibility index (Phi) is 6.34. The highest BCUT2D eigenvalue weighted by molar-refractivity contribution is 7.99. The third-order valence-electron chi connectivity index (χ3n) is 2.82. The number of ether oxygens (including phenoxy) is 1. The van der Waals surface area contributed by atoms with Crippen molar-refractivity contribution in [3.63, 3.8) is 0 Å². The van der Waals surface area contributed by atoms with Crippen LogP contribution in [0.15, 0.2) is 46.3 Å². The number of aryl methyl sites for hydroxylation is 1. The van der Waals surface area contributed by atoms with Crippen LogP contribution in [0.25, 0.3) is 0 Å². The zero-order valence-corrected chi connectivity index (χ0v) is 13.0. The van der Waals surface area contributed by atoms with E-state index in [2.05, 4.69) is 16.9 Å². The van der Waals surface area contributed by atoms with Crippen molar-refractivity contribution in [2.45, 2.75) is 31.3 Å². The van der Waals surface area contributed by atoms with Gasteiger partial charge in [0.05, 0.1) is 6.61 Å². The van der Waals surface area contributed by atoms with Crippen LogP contribution in [-0.4, -0.2) is 22.3 Å². The highest BCUT2D eigenvalue weighted by Gasteiger charge is 2.02. The van der Waals surface area contributed by atoms with E-state index in [4.69, 9.17) is 4.74 Å². The highest BCUT2D eigenvalue weighted by atomic mass is 32.2. The lowest BCUT2D eigenvalue weighted by atomic mass is 10.2. The second kappa shape index (κ2) is 8.52. The Balaban J connectivity index is 1.74. The Bertz CT molecular complexity index is 599. The molecule has 21 heavy (non-hydrogen) atoms. The third-order valence-corrected chi connectivity index (χ3v) is 3.78. The van der Waals surface area contributed by atoms with E-state index in [0.717, 1.165) is 36.5 Å². The van der Waals surface area contributed by atoms with Crippen LogP contribution in [0, 0.1) is 0 Å². The maximum atomic E-state index is 11.5. The fourth-order valence-electron chi connectivity index (χ4n) is 1.87. The second-order valence-electron chi connectivity index (χ2n) is 4.66. The topological polar surface area (TPSA) is 55.0 Å². The third kappa shape index (κ3) is 5.63. The fourth-order valence-corrected chi connectivity index (χ4v) is 2.68. The van der Waals surface area contributed by atoms with Gasteiger partial charge in [0.25, 0.3) is 5.56 Å². The van der Waals surface area contributed by atoms with E-state index in [1.165, 1.54) is 0 Å². The molecule has 0 atom stereocenters. The standard InChI is InChI=1S/C16H20N2O2S/c1-2-7-13-12-15(19)18-16(17-13)21-11-6-10-20-14-8-4-3-5-9-14/h3-5,8-9,12H,2,6-7,10-11H2,1H3,(H,17,18,19). The number of rotatable bonds is 8. The van der Waals surface area contributed by atoms with E-state index in [0.29, 0.717) is 11.8 Å². The minimum Gasteiger partial charge on any atom is -0.494 e. The van der Waals surface area contributed by atoms with Crippen molar-refractivity contribution < 1.29 is 4.74 Å². The van der Waals surface area contributed by atoms with E-state index in [1.807, 2.05) is 30.3 Å². The first-order chi connectivity index (χ1) is 10.3. The number of nitrogens with one attached hydrogen (secondary N) is 1. The van der Waals surface area contributed by atoms with E-state index in [9.17, 15) is 4.79 Å². The van der Waals surface area contributed by atoms with Gasteiger partial charge in [-0.1, -0.05) is 43.3 Å². The number of H-pyrrole nitrogens is 1. The Morgan fingerprint density at radius 1 is 1.29 bits per heavy atom. The molecule has 1 N–H and O–H groups in total. The molecule has 0 radical (unpaired) electrons. The van der Waals surface area contributed by atoms with Crippen LogP contribution in [0.5, 0.6) is 5.75 Å². The lowest BCUT2D eigenvalue weighted by Crippen LogP contribution is -2.10. The summed E-state index contributed by atoms with van der Waals surface area (Å²) in [5.74, 6) is 1.75. The molecule has 0 aliphatic rings. The number of aromatic amines is 1. The van der Waals surface area contributed by atoms with Crippen LogP contribution in [0.1, 0.15) is 25.5 Å². The van der Waals surface area contributed by atoms with Crippen LogP contribution >= 0.6 is 11.8 Å². The van der Waals surface area contributed by atoms with Crippen molar-refractivity contribution in [2.24, 2.45) is 0 Å². The second-order valence-corrected chi connectivity index (χ2v) is 5.74. The van der Waals surface area contributed by atoms with Crippen molar-refractivity contribution in [2.75, 3.05) is 12.4 Å². The molecule has 0 unspecified atom stereocenters. The number of nitrogens with zero attached hydrogens (tertiary/aromatic N) is 1. The number of hydrogen-bond donors (Lipinski definition) is 1. The number of para-hydroxylation sites is 1. The van der Waals surface area contributed by atoms with Crippen molar-refractivity contribution in [1.29, 1.82) is 0 Å². The summed E-state index contributed by atoms with van der Waals surface area (Å²) in [6, 6.07) is 11.3. The number of aromatic nitrogens is 2. The summed E-state index contributed by atoms with van der Waals surface area (Å²) in [5.41, 5.74) is 0.792. The zero-order valence-electron chi connectivity index (χ0n) is 12.2. The van der Waals surface area contributed by atoms with Crippen LogP contribution in [0.4, 0.5) is 0 Å².